The number of aliphatic hydroxyl groups excluding tert-OH is 11. The summed E-state index contributed by atoms with van der Waals surface area (Å²) in [5.41, 5.74) is 0. The van der Waals surface area contributed by atoms with Crippen LogP contribution in [0.2, 0.25) is 0 Å². The van der Waals surface area contributed by atoms with E-state index in [4.69, 9.17) is 28.4 Å². The summed E-state index contributed by atoms with van der Waals surface area (Å²) in [6.07, 6.45) is 13.6. The number of carbonyl (C=O) groups is 1. The van der Waals surface area contributed by atoms with Crippen LogP contribution in [-0.4, -0.2) is 193 Å². The first-order valence-electron chi connectivity index (χ1n) is 28.6. The van der Waals surface area contributed by atoms with Gasteiger partial charge in [0.1, 0.15) is 73.2 Å². The summed E-state index contributed by atoms with van der Waals surface area (Å²) >= 11 is 0. The molecule has 0 saturated carbocycles. The van der Waals surface area contributed by atoms with Crippen LogP contribution in [0.3, 0.4) is 0 Å². The maximum absolute atomic E-state index is 12.8. The molecule has 1 amide bonds. The van der Waals surface area contributed by atoms with E-state index in [-0.39, 0.29) is 18.9 Å². The van der Waals surface area contributed by atoms with Crippen molar-refractivity contribution in [3.8, 4) is 0 Å². The van der Waals surface area contributed by atoms with Crippen molar-refractivity contribution in [2.75, 3.05) is 26.4 Å². The Morgan fingerprint density at radius 2 is 0.865 bits per heavy atom. The summed E-state index contributed by atoms with van der Waals surface area (Å²) in [5.74, 6) is -0.321. The average molecular weight is 1060 g/mol. The molecule has 3 heterocycles. The number of amides is 1. The Morgan fingerprint density at radius 3 is 1.34 bits per heavy atom. The third kappa shape index (κ3) is 24.1. The van der Waals surface area contributed by atoms with E-state index in [2.05, 4.69) is 24.4 Å². The molecule has 3 rings (SSSR count). The van der Waals surface area contributed by atoms with Gasteiger partial charge in [-0.3, -0.25) is 4.79 Å². The van der Waals surface area contributed by atoms with E-state index in [9.17, 15) is 61.0 Å². The van der Waals surface area contributed by atoms with E-state index in [1.807, 2.05) is 13.0 Å². The Labute approximate surface area is 441 Å². The van der Waals surface area contributed by atoms with Crippen molar-refractivity contribution >= 4 is 5.91 Å². The van der Waals surface area contributed by atoms with Gasteiger partial charge in [-0.2, -0.15) is 0 Å². The van der Waals surface area contributed by atoms with Gasteiger partial charge >= 0.3 is 0 Å². The second kappa shape index (κ2) is 39.6. The lowest BCUT2D eigenvalue weighted by atomic mass is 9.96. The van der Waals surface area contributed by atoms with Crippen molar-refractivity contribution in [1.29, 1.82) is 0 Å². The molecule has 3 aliphatic heterocycles. The normalized spacial score (nSPS) is 31.6. The fraction of sp³-hybridized carbons (Fsp3) is 0.909. The number of ether oxygens (including phenoxy) is 6. The molecule has 17 unspecified atom stereocenters. The third-order valence-electron chi connectivity index (χ3n) is 14.5. The Balaban J connectivity index is 1.36. The second-order valence-corrected chi connectivity index (χ2v) is 20.8. The first-order chi connectivity index (χ1) is 35.8. The SMILES string of the molecule is CCCCCCCCCCCCCCCCCCCCCCC/C=C/CC/C=C/C(O)C(COC1OC(CO)C(OC2OC(CO)C(OC3OC(CO)C(O)C(O)C3O)C(O)C2O)C(O)C1O)NC(=O)CCCC. The minimum atomic E-state index is -1.98. The van der Waals surface area contributed by atoms with Crippen molar-refractivity contribution < 1.29 is 89.4 Å². The monoisotopic (exact) mass is 1060 g/mol. The Morgan fingerprint density at radius 1 is 0.473 bits per heavy atom. The largest absolute Gasteiger partial charge is 0.394 e. The molecule has 0 aromatic heterocycles. The van der Waals surface area contributed by atoms with Crippen molar-refractivity contribution in [2.45, 2.75) is 291 Å². The number of unbranched alkanes of at least 4 members (excludes halogenated alkanes) is 23. The summed E-state index contributed by atoms with van der Waals surface area (Å²) in [7, 11) is 0. The Hall–Kier alpha value is -1.73. The molecule has 0 aromatic rings. The highest BCUT2D eigenvalue weighted by molar-refractivity contribution is 5.76. The first-order valence-corrected chi connectivity index (χ1v) is 28.6. The third-order valence-corrected chi connectivity index (χ3v) is 14.5. The van der Waals surface area contributed by atoms with Crippen molar-refractivity contribution in [1.82, 2.24) is 5.32 Å². The van der Waals surface area contributed by atoms with Gasteiger partial charge < -0.3 is 89.9 Å². The molecule has 17 atom stereocenters. The van der Waals surface area contributed by atoms with Gasteiger partial charge in [0.25, 0.3) is 0 Å². The summed E-state index contributed by atoms with van der Waals surface area (Å²) < 4.78 is 33.9. The topological polar surface area (TPSA) is 307 Å². The lowest BCUT2D eigenvalue weighted by Crippen LogP contribution is -2.66. The van der Waals surface area contributed by atoms with Gasteiger partial charge in [-0.25, -0.2) is 0 Å². The van der Waals surface area contributed by atoms with Gasteiger partial charge in [0.2, 0.25) is 5.91 Å². The second-order valence-electron chi connectivity index (χ2n) is 20.8. The highest BCUT2D eigenvalue weighted by atomic mass is 16.8. The zero-order valence-electron chi connectivity index (χ0n) is 44.8. The molecule has 19 nitrogen and oxygen atoms in total. The van der Waals surface area contributed by atoms with Gasteiger partial charge in [-0.15, -0.1) is 0 Å². The maximum Gasteiger partial charge on any atom is 0.220 e. The van der Waals surface area contributed by atoms with Crippen LogP contribution in [0.25, 0.3) is 0 Å². The minimum absolute atomic E-state index is 0.211. The quantitative estimate of drug-likeness (QED) is 0.0304. The zero-order chi connectivity index (χ0) is 54.1. The van der Waals surface area contributed by atoms with Crippen molar-refractivity contribution in [3.05, 3.63) is 24.3 Å². The molecule has 74 heavy (non-hydrogen) atoms. The predicted molar refractivity (Wildman–Crippen MR) is 277 cm³/mol. The minimum Gasteiger partial charge on any atom is -0.394 e. The Kier molecular flexibility index (Phi) is 35.6. The van der Waals surface area contributed by atoms with E-state index in [0.717, 1.165) is 25.7 Å². The smallest absolute Gasteiger partial charge is 0.220 e. The predicted octanol–water partition coefficient (Wildman–Crippen LogP) is 3.98. The summed E-state index contributed by atoms with van der Waals surface area (Å²) in [4.78, 5) is 12.8. The van der Waals surface area contributed by atoms with Gasteiger partial charge in [-0.1, -0.05) is 173 Å². The molecule has 0 aliphatic carbocycles. The number of carbonyl (C=O) groups excluding carboxylic acids is 1. The van der Waals surface area contributed by atoms with Crippen LogP contribution >= 0.6 is 0 Å². The molecular formula is C55H101NO18. The van der Waals surface area contributed by atoms with Crippen LogP contribution in [0.5, 0.6) is 0 Å². The molecule has 3 aliphatic rings. The lowest BCUT2D eigenvalue weighted by molar-refractivity contribution is -0.379. The number of hydrogen-bond acceptors (Lipinski definition) is 18. The number of hydrogen-bond donors (Lipinski definition) is 12. The van der Waals surface area contributed by atoms with Gasteiger partial charge in [0.15, 0.2) is 18.9 Å². The van der Waals surface area contributed by atoms with Crippen LogP contribution in [0.4, 0.5) is 0 Å². The van der Waals surface area contributed by atoms with Gasteiger partial charge in [0.05, 0.1) is 38.6 Å². The molecule has 0 radical (unpaired) electrons. The molecule has 19 heteroatoms. The number of nitrogens with one attached hydrogen (secondary N) is 1. The maximum atomic E-state index is 12.8. The van der Waals surface area contributed by atoms with E-state index in [1.165, 1.54) is 128 Å². The summed E-state index contributed by atoms with van der Waals surface area (Å²) in [5, 5.41) is 119. The number of aliphatic hydroxyl groups is 11. The molecule has 3 fully saturated rings. The van der Waals surface area contributed by atoms with Crippen LogP contribution in [0.15, 0.2) is 24.3 Å². The van der Waals surface area contributed by atoms with Crippen LogP contribution in [-0.2, 0) is 33.2 Å². The molecule has 12 N–H and O–H groups in total. The number of rotatable bonds is 41. The summed E-state index contributed by atoms with van der Waals surface area (Å²) in [6.45, 7) is 1.43. The van der Waals surface area contributed by atoms with E-state index >= 15 is 0 Å². The highest BCUT2D eigenvalue weighted by Gasteiger charge is 2.53. The van der Waals surface area contributed by atoms with Gasteiger partial charge in [-0.05, 0) is 32.1 Å². The van der Waals surface area contributed by atoms with E-state index < -0.39 is 124 Å². The molecule has 434 valence electrons. The summed E-state index contributed by atoms with van der Waals surface area (Å²) in [6, 6.07) is -0.981. The molecule has 3 saturated heterocycles. The molecule has 0 spiro atoms. The van der Waals surface area contributed by atoms with E-state index in [0.29, 0.717) is 12.8 Å². The average Bonchev–Trinajstić information content (AvgIpc) is 3.40. The highest BCUT2D eigenvalue weighted by Crippen LogP contribution is 2.33. The van der Waals surface area contributed by atoms with E-state index in [1.54, 1.807) is 6.08 Å². The van der Waals surface area contributed by atoms with Crippen LogP contribution in [0, 0.1) is 0 Å². The molecular weight excluding hydrogens is 963 g/mol. The van der Waals surface area contributed by atoms with Crippen LogP contribution in [0.1, 0.15) is 187 Å². The van der Waals surface area contributed by atoms with Crippen molar-refractivity contribution in [3.63, 3.8) is 0 Å². The zero-order valence-corrected chi connectivity index (χ0v) is 44.8. The molecule has 0 bridgehead atoms. The number of allylic oxidation sites excluding steroid dienone is 3. The van der Waals surface area contributed by atoms with Crippen LogP contribution < -0.4 is 5.32 Å². The fourth-order valence-electron chi connectivity index (χ4n) is 9.71. The standard InChI is InChI=1S/C55H101NO18/c1-3-5-7-8-9-10-11-12-13-14-15-16-17-18-19-20-21-22-23-24-25-26-27-28-29-30-31-32-39(60)38(56-43(61)33-6-4-2)37-69-53-49(67)46(64)51(41(35-58)71-53)74-55-50(68)47(65)52(42(36-59)72-55)73-54-48(66)45(63)44(62)40(34-57)70-54/h27-28,31-32,38-42,44-55,57-60,62-68H,3-26,29-30,33-37H2,1-2H3,(H,56,61)/b28-27+,32-31+. The fourth-order valence-corrected chi connectivity index (χ4v) is 9.71. The first kappa shape index (κ1) is 66.5. The molecule has 0 aromatic carbocycles. The van der Waals surface area contributed by atoms with Crippen molar-refractivity contribution in [2.24, 2.45) is 0 Å². The Bertz CT molecular complexity index is 1460. The van der Waals surface area contributed by atoms with Gasteiger partial charge in [0, 0.05) is 6.42 Å². The lowest BCUT2D eigenvalue weighted by Gasteiger charge is -2.48.